The van der Waals surface area contributed by atoms with Crippen LogP contribution in [0.4, 0.5) is 10.3 Å². The normalized spacial score (nSPS) is 16.5. The first-order valence-electron chi connectivity index (χ1n) is 10.1. The molecule has 3 heterocycles. The van der Waals surface area contributed by atoms with Gasteiger partial charge >= 0.3 is 0 Å². The van der Waals surface area contributed by atoms with Gasteiger partial charge in [-0.05, 0) is 25.0 Å². The monoisotopic (exact) mass is 408 g/mol. The molecule has 0 bridgehead atoms. The van der Waals surface area contributed by atoms with E-state index in [1.807, 2.05) is 30.0 Å². The second kappa shape index (κ2) is 8.61. The largest absolute Gasteiger partial charge is 0.347 e. The number of piperidine rings is 1. The first-order chi connectivity index (χ1) is 14.5. The van der Waals surface area contributed by atoms with Crippen LogP contribution in [0, 0.1) is 5.82 Å². The number of carbonyl (C=O) groups excluding carboxylic acids is 1. The molecule has 30 heavy (non-hydrogen) atoms. The number of hydrogen-bond donors (Lipinski definition) is 0. The molecule has 0 saturated carbocycles. The summed E-state index contributed by atoms with van der Waals surface area (Å²) in [6.45, 7) is 1.47. The van der Waals surface area contributed by atoms with Crippen LogP contribution in [0.1, 0.15) is 24.5 Å². The van der Waals surface area contributed by atoms with Gasteiger partial charge in [0.15, 0.2) is 0 Å². The second-order valence-corrected chi connectivity index (χ2v) is 7.73. The summed E-state index contributed by atoms with van der Waals surface area (Å²) in [5, 5.41) is 4.12. The minimum absolute atomic E-state index is 0.0108. The number of benzene rings is 1. The summed E-state index contributed by atoms with van der Waals surface area (Å²) in [6, 6.07) is 8.47. The van der Waals surface area contributed by atoms with E-state index in [1.54, 1.807) is 41.5 Å². The van der Waals surface area contributed by atoms with Crippen molar-refractivity contribution in [3.63, 3.8) is 0 Å². The predicted octanol–water partition coefficient (Wildman–Crippen LogP) is 2.95. The van der Waals surface area contributed by atoms with Crippen LogP contribution < -0.4 is 4.90 Å². The molecule has 1 fully saturated rings. The molecular formula is C22H25FN6O. The van der Waals surface area contributed by atoms with E-state index < -0.39 is 0 Å². The number of carbonyl (C=O) groups is 1. The Morgan fingerprint density at radius 2 is 2.07 bits per heavy atom. The predicted molar refractivity (Wildman–Crippen MR) is 113 cm³/mol. The van der Waals surface area contributed by atoms with Gasteiger partial charge in [0.05, 0.1) is 5.69 Å². The molecule has 0 aliphatic carbocycles. The van der Waals surface area contributed by atoms with Crippen molar-refractivity contribution in [3.05, 3.63) is 60.4 Å². The van der Waals surface area contributed by atoms with Crippen molar-refractivity contribution < 1.29 is 9.18 Å². The van der Waals surface area contributed by atoms with Gasteiger partial charge in [-0.2, -0.15) is 5.10 Å². The summed E-state index contributed by atoms with van der Waals surface area (Å²) in [4.78, 5) is 25.7. The highest BCUT2D eigenvalue weighted by Gasteiger charge is 2.29. The third-order valence-electron chi connectivity index (χ3n) is 5.39. The second-order valence-electron chi connectivity index (χ2n) is 7.73. The lowest BCUT2D eigenvalue weighted by atomic mass is 9.89. The molecule has 1 aliphatic heterocycles. The molecule has 4 rings (SSSR count). The van der Waals surface area contributed by atoms with Crippen molar-refractivity contribution in [2.24, 2.45) is 0 Å². The summed E-state index contributed by atoms with van der Waals surface area (Å²) in [7, 11) is 3.76. The highest BCUT2D eigenvalue weighted by molar-refractivity contribution is 5.76. The Labute approximate surface area is 175 Å². The Morgan fingerprint density at radius 1 is 1.23 bits per heavy atom. The number of aromatic nitrogens is 4. The Morgan fingerprint density at radius 3 is 2.80 bits per heavy atom. The number of rotatable bonds is 5. The first kappa shape index (κ1) is 20.0. The van der Waals surface area contributed by atoms with Crippen LogP contribution in [-0.4, -0.2) is 57.7 Å². The number of anilines is 1. The SMILES string of the molecule is CN(C)c1ncc(-c2ccccc2F)c(C2CCCN(C(=O)Cn3cccn3)C2)n1. The van der Waals surface area contributed by atoms with Crippen molar-refractivity contribution in [1.29, 1.82) is 0 Å². The maximum atomic E-state index is 14.6. The third-order valence-corrected chi connectivity index (χ3v) is 5.39. The van der Waals surface area contributed by atoms with Gasteiger partial charge in [0.2, 0.25) is 11.9 Å². The van der Waals surface area contributed by atoms with Crippen LogP contribution in [0.3, 0.4) is 0 Å². The molecule has 2 aromatic heterocycles. The lowest BCUT2D eigenvalue weighted by Gasteiger charge is -2.33. The van der Waals surface area contributed by atoms with Crippen LogP contribution in [0.25, 0.3) is 11.1 Å². The van der Waals surface area contributed by atoms with Crippen LogP contribution in [0.15, 0.2) is 48.9 Å². The lowest BCUT2D eigenvalue weighted by molar-refractivity contribution is -0.133. The van der Waals surface area contributed by atoms with E-state index in [1.165, 1.54) is 6.07 Å². The number of nitrogens with zero attached hydrogens (tertiary/aromatic N) is 6. The first-order valence-corrected chi connectivity index (χ1v) is 10.1. The summed E-state index contributed by atoms with van der Waals surface area (Å²) < 4.78 is 16.2. The van der Waals surface area contributed by atoms with E-state index in [4.69, 9.17) is 4.98 Å². The van der Waals surface area contributed by atoms with Crippen LogP contribution in [0.5, 0.6) is 0 Å². The molecule has 0 spiro atoms. The van der Waals surface area contributed by atoms with Gasteiger partial charge in [-0.25, -0.2) is 14.4 Å². The molecule has 1 aliphatic rings. The lowest BCUT2D eigenvalue weighted by Crippen LogP contribution is -2.41. The number of amides is 1. The third kappa shape index (κ3) is 4.17. The molecule has 156 valence electrons. The standard InChI is InChI=1S/C22H25FN6O/c1-27(2)22-24-13-18(17-8-3-4-9-19(17)23)21(26-22)16-7-5-11-28(14-16)20(30)15-29-12-6-10-25-29/h3-4,6,8-10,12-13,16H,5,7,11,14-15H2,1-2H3. The minimum Gasteiger partial charge on any atom is -0.347 e. The number of hydrogen-bond acceptors (Lipinski definition) is 5. The molecular weight excluding hydrogens is 383 g/mol. The van der Waals surface area contributed by atoms with Crippen LogP contribution >= 0.6 is 0 Å². The zero-order chi connectivity index (χ0) is 21.1. The smallest absolute Gasteiger partial charge is 0.244 e. The fourth-order valence-corrected chi connectivity index (χ4v) is 3.86. The van der Waals surface area contributed by atoms with Gasteiger partial charge in [0, 0.05) is 62.8 Å². The van der Waals surface area contributed by atoms with Gasteiger partial charge in [-0.3, -0.25) is 9.48 Å². The van der Waals surface area contributed by atoms with Gasteiger partial charge in [-0.15, -0.1) is 0 Å². The van der Waals surface area contributed by atoms with Crippen molar-refractivity contribution in [2.45, 2.75) is 25.3 Å². The molecule has 1 saturated heterocycles. The van der Waals surface area contributed by atoms with Crippen LogP contribution in [-0.2, 0) is 11.3 Å². The molecule has 7 nitrogen and oxygen atoms in total. The fourth-order valence-electron chi connectivity index (χ4n) is 3.86. The Bertz CT molecular complexity index is 1020. The Balaban J connectivity index is 1.65. The highest BCUT2D eigenvalue weighted by Crippen LogP contribution is 2.35. The van der Waals surface area contributed by atoms with Crippen LogP contribution in [0.2, 0.25) is 0 Å². The quantitative estimate of drug-likeness (QED) is 0.649. The number of likely N-dealkylation sites (tertiary alicyclic amines) is 1. The van der Waals surface area contributed by atoms with E-state index >= 15 is 0 Å². The molecule has 0 N–H and O–H groups in total. The fraction of sp³-hybridized carbons (Fsp3) is 0.364. The summed E-state index contributed by atoms with van der Waals surface area (Å²) in [5.74, 6) is 0.307. The summed E-state index contributed by atoms with van der Waals surface area (Å²) in [5.41, 5.74) is 1.96. The van der Waals surface area contributed by atoms with Crippen molar-refractivity contribution in [2.75, 3.05) is 32.1 Å². The number of halogens is 1. The van der Waals surface area contributed by atoms with E-state index in [9.17, 15) is 9.18 Å². The van der Waals surface area contributed by atoms with Crippen molar-refractivity contribution in [1.82, 2.24) is 24.6 Å². The average Bonchev–Trinajstić information content (AvgIpc) is 3.27. The molecule has 0 radical (unpaired) electrons. The Kier molecular flexibility index (Phi) is 5.74. The molecule has 3 aromatic rings. The molecule has 1 aromatic carbocycles. The zero-order valence-electron chi connectivity index (χ0n) is 17.2. The molecule has 1 amide bonds. The van der Waals surface area contributed by atoms with E-state index in [-0.39, 0.29) is 24.2 Å². The average molecular weight is 408 g/mol. The summed E-state index contributed by atoms with van der Waals surface area (Å²) in [6.07, 6.45) is 6.89. The van der Waals surface area contributed by atoms with Crippen molar-refractivity contribution in [3.8, 4) is 11.1 Å². The van der Waals surface area contributed by atoms with Gasteiger partial charge in [0.25, 0.3) is 0 Å². The maximum Gasteiger partial charge on any atom is 0.244 e. The van der Waals surface area contributed by atoms with Gasteiger partial charge < -0.3 is 9.80 Å². The minimum atomic E-state index is -0.303. The Hall–Kier alpha value is -3.29. The topological polar surface area (TPSA) is 67.2 Å². The van der Waals surface area contributed by atoms with E-state index in [2.05, 4.69) is 10.1 Å². The van der Waals surface area contributed by atoms with E-state index in [0.717, 1.165) is 18.5 Å². The highest BCUT2D eigenvalue weighted by atomic mass is 19.1. The summed E-state index contributed by atoms with van der Waals surface area (Å²) >= 11 is 0. The zero-order valence-corrected chi connectivity index (χ0v) is 17.2. The van der Waals surface area contributed by atoms with Gasteiger partial charge in [0.1, 0.15) is 12.4 Å². The molecule has 8 heteroatoms. The molecule has 1 atom stereocenters. The van der Waals surface area contributed by atoms with Crippen molar-refractivity contribution >= 4 is 11.9 Å². The molecule has 1 unspecified atom stereocenters. The van der Waals surface area contributed by atoms with E-state index in [0.29, 0.717) is 30.2 Å². The maximum absolute atomic E-state index is 14.6. The van der Waals surface area contributed by atoms with Gasteiger partial charge in [-0.1, -0.05) is 18.2 Å².